The molecule has 0 aliphatic rings. The highest BCUT2D eigenvalue weighted by Crippen LogP contribution is 2.19. The quantitative estimate of drug-likeness (QED) is 0.348. The maximum atomic E-state index is 7.42. The molecule has 0 aromatic carbocycles. The van der Waals surface area contributed by atoms with Gasteiger partial charge in [0.2, 0.25) is 0 Å². The highest BCUT2D eigenvalue weighted by atomic mass is 14.1. The summed E-state index contributed by atoms with van der Waals surface area (Å²) in [6.07, 6.45) is 9.08. The molecule has 0 spiro atoms. The van der Waals surface area contributed by atoms with Crippen LogP contribution in [-0.4, -0.2) is 0 Å². The lowest BCUT2D eigenvalue weighted by Gasteiger charge is -2.08. The van der Waals surface area contributed by atoms with Crippen LogP contribution in [0.4, 0.5) is 0 Å². The Hall–Kier alpha value is -0.520. The molecule has 14 heavy (non-hydrogen) atoms. The van der Waals surface area contributed by atoms with Crippen molar-refractivity contribution in [1.82, 2.24) is 0 Å². The molecule has 0 fully saturated rings. The Balaban J connectivity index is 4.09. The van der Waals surface area contributed by atoms with Crippen molar-refractivity contribution in [2.75, 3.05) is 0 Å². The highest BCUT2D eigenvalue weighted by Gasteiger charge is 1.99. The first-order valence-corrected chi connectivity index (χ1v) is 5.95. The standard InChI is InChI=1S/C14H26/c1-5-7-9-11-13(3)14(4)12-10-8-6-2/h3-12H2,1-2H3/i3D,4D. The van der Waals surface area contributed by atoms with Gasteiger partial charge in [-0.1, -0.05) is 63.8 Å². The summed E-state index contributed by atoms with van der Waals surface area (Å²) in [6, 6.07) is 0. The van der Waals surface area contributed by atoms with Gasteiger partial charge in [-0.25, -0.2) is 0 Å². The van der Waals surface area contributed by atoms with Crippen LogP contribution in [0.3, 0.4) is 0 Å². The third kappa shape index (κ3) is 6.94. The molecule has 0 amide bonds. The minimum absolute atomic E-state index is 0.966. The molecule has 82 valence electrons. The zero-order chi connectivity index (χ0) is 12.2. The summed E-state index contributed by atoms with van der Waals surface area (Å²) in [6.45, 7) is 7.27. The third-order valence-electron chi connectivity index (χ3n) is 2.51. The molecule has 0 N–H and O–H groups in total. The molecule has 0 aliphatic heterocycles. The van der Waals surface area contributed by atoms with Gasteiger partial charge >= 0.3 is 0 Å². The van der Waals surface area contributed by atoms with Crippen LogP contribution in [0.5, 0.6) is 0 Å². The zero-order valence-electron chi connectivity index (χ0n) is 11.8. The van der Waals surface area contributed by atoms with E-state index in [-0.39, 0.29) is 0 Å². The summed E-state index contributed by atoms with van der Waals surface area (Å²) >= 11 is 0. The molecule has 0 heteroatoms. The number of hydrogen-bond donors (Lipinski definition) is 0. The Bertz CT molecular complexity index is 193. The average molecular weight is 196 g/mol. The maximum absolute atomic E-state index is 7.42. The van der Waals surface area contributed by atoms with Gasteiger partial charge in [-0.15, -0.1) is 0 Å². The van der Waals surface area contributed by atoms with Crippen LogP contribution < -0.4 is 0 Å². The van der Waals surface area contributed by atoms with Crippen molar-refractivity contribution in [3.05, 3.63) is 24.3 Å². The van der Waals surface area contributed by atoms with Gasteiger partial charge in [0.05, 0.1) is 2.74 Å². The van der Waals surface area contributed by atoms with Crippen LogP contribution in [0.25, 0.3) is 0 Å². The molecule has 0 bridgehead atoms. The molecule has 0 atom stereocenters. The Morgan fingerprint density at radius 2 is 1.29 bits per heavy atom. The van der Waals surface area contributed by atoms with Crippen LogP contribution in [-0.2, 0) is 0 Å². The van der Waals surface area contributed by atoms with E-state index in [4.69, 9.17) is 2.74 Å². The second kappa shape index (κ2) is 9.05. The summed E-state index contributed by atoms with van der Waals surface area (Å²) in [7, 11) is 0. The maximum Gasteiger partial charge on any atom is 0.0541 e. The minimum atomic E-state index is 0.966. The molecule has 0 aromatic heterocycles. The molecular formula is C14H26. The average Bonchev–Trinajstić information content (AvgIpc) is 2.31. The SMILES string of the molecule is [2H]C=C(CCCCC)C(=C[2H])CCCCC. The lowest BCUT2D eigenvalue weighted by molar-refractivity contribution is 0.692. The zero-order valence-corrected chi connectivity index (χ0v) is 9.81. The van der Waals surface area contributed by atoms with Crippen molar-refractivity contribution in [2.45, 2.75) is 65.2 Å². The Morgan fingerprint density at radius 1 is 0.857 bits per heavy atom. The lowest BCUT2D eigenvalue weighted by Crippen LogP contribution is -1.88. The normalized spacial score (nSPS) is 15.3. The van der Waals surface area contributed by atoms with E-state index >= 15 is 0 Å². The van der Waals surface area contributed by atoms with Crippen LogP contribution in [0.1, 0.15) is 68.0 Å². The summed E-state index contributed by atoms with van der Waals surface area (Å²) in [5.74, 6) is 0. The van der Waals surface area contributed by atoms with Crippen LogP contribution in [0.2, 0.25) is 0 Å². The van der Waals surface area contributed by atoms with Crippen molar-refractivity contribution in [1.29, 1.82) is 0 Å². The van der Waals surface area contributed by atoms with Gasteiger partial charge in [0.1, 0.15) is 0 Å². The van der Waals surface area contributed by atoms with E-state index in [2.05, 4.69) is 13.8 Å². The second-order valence-electron chi connectivity index (χ2n) is 3.96. The summed E-state index contributed by atoms with van der Waals surface area (Å²) in [5, 5.41) is 0. The lowest BCUT2D eigenvalue weighted by atomic mass is 9.98. The number of rotatable bonds is 9. The molecule has 0 nitrogen and oxygen atoms in total. The van der Waals surface area contributed by atoms with E-state index in [9.17, 15) is 0 Å². The smallest absolute Gasteiger partial charge is 0.0541 e. The first-order chi connectivity index (χ1) is 7.79. The second-order valence-corrected chi connectivity index (χ2v) is 3.96. The van der Waals surface area contributed by atoms with Gasteiger partial charge in [0.25, 0.3) is 0 Å². The minimum Gasteiger partial charge on any atom is -0.0956 e. The molecule has 0 rings (SSSR count). The molecule has 0 radical (unpaired) electrons. The summed E-state index contributed by atoms with van der Waals surface area (Å²) in [4.78, 5) is 0. The predicted octanol–water partition coefficient (Wildman–Crippen LogP) is 5.26. The molecular weight excluding hydrogens is 168 g/mol. The van der Waals surface area contributed by atoms with Gasteiger partial charge in [0, 0.05) is 0 Å². The van der Waals surface area contributed by atoms with Gasteiger partial charge in [-0.05, 0) is 25.7 Å². The molecule has 0 heterocycles. The predicted molar refractivity (Wildman–Crippen MR) is 66.6 cm³/mol. The van der Waals surface area contributed by atoms with E-state index < -0.39 is 0 Å². The first-order valence-electron chi connectivity index (χ1n) is 7.10. The van der Waals surface area contributed by atoms with E-state index in [0.29, 0.717) is 0 Å². The van der Waals surface area contributed by atoms with Crippen molar-refractivity contribution in [3.8, 4) is 0 Å². The summed E-state index contributed by atoms with van der Waals surface area (Å²) < 4.78 is 14.8. The Kier molecular flexibility index (Phi) is 6.47. The topological polar surface area (TPSA) is 0 Å². The van der Waals surface area contributed by atoms with Crippen molar-refractivity contribution < 1.29 is 2.74 Å². The van der Waals surface area contributed by atoms with Crippen LogP contribution >= 0.6 is 0 Å². The van der Waals surface area contributed by atoms with E-state index in [1.165, 1.54) is 38.8 Å². The molecule has 0 aromatic rings. The van der Waals surface area contributed by atoms with E-state index in [1.54, 1.807) is 0 Å². The van der Waals surface area contributed by atoms with E-state index in [1.807, 2.05) is 0 Å². The third-order valence-corrected chi connectivity index (χ3v) is 2.51. The molecule has 0 saturated carbocycles. The fourth-order valence-electron chi connectivity index (χ4n) is 1.45. The largest absolute Gasteiger partial charge is 0.0956 e. The Morgan fingerprint density at radius 3 is 1.57 bits per heavy atom. The fraction of sp³-hybridized carbons (Fsp3) is 0.714. The number of hydrogen-bond acceptors (Lipinski definition) is 0. The van der Waals surface area contributed by atoms with Crippen molar-refractivity contribution in [2.24, 2.45) is 0 Å². The van der Waals surface area contributed by atoms with Crippen LogP contribution in [0.15, 0.2) is 24.3 Å². The number of unbranched alkanes of at least 4 members (excludes halogenated alkanes) is 4. The molecule has 0 saturated heterocycles. The van der Waals surface area contributed by atoms with Crippen molar-refractivity contribution in [3.63, 3.8) is 0 Å². The Labute approximate surface area is 92.9 Å². The van der Waals surface area contributed by atoms with E-state index in [0.717, 1.165) is 36.8 Å². The summed E-state index contributed by atoms with van der Waals surface area (Å²) in [5.41, 5.74) is 2.14. The fourth-order valence-corrected chi connectivity index (χ4v) is 1.45. The first kappa shape index (κ1) is 10.0. The monoisotopic (exact) mass is 196 g/mol. The van der Waals surface area contributed by atoms with Gasteiger partial charge in [-0.2, -0.15) is 0 Å². The van der Waals surface area contributed by atoms with Gasteiger partial charge in [-0.3, -0.25) is 0 Å². The van der Waals surface area contributed by atoms with Crippen molar-refractivity contribution >= 4 is 0 Å². The van der Waals surface area contributed by atoms with Gasteiger partial charge in [0.15, 0.2) is 0 Å². The molecule has 0 unspecified atom stereocenters. The highest BCUT2D eigenvalue weighted by molar-refractivity contribution is 5.24. The molecule has 0 aliphatic carbocycles. The number of allylic oxidation sites excluding steroid dienone is 2. The van der Waals surface area contributed by atoms with Crippen LogP contribution in [0, 0.1) is 0 Å². The van der Waals surface area contributed by atoms with Gasteiger partial charge < -0.3 is 0 Å².